The Bertz CT molecular complexity index is 312. The molecule has 0 radical (unpaired) electrons. The molecule has 0 heterocycles. The molecule has 1 rings (SSSR count). The molecule has 1 aliphatic rings. The van der Waals surface area contributed by atoms with Gasteiger partial charge in [-0.25, -0.2) is 4.79 Å². The Kier molecular flexibility index (Phi) is 7.41. The fraction of sp³-hybridized carbons (Fsp3) is 0.867. The molecule has 1 saturated carbocycles. The highest BCUT2D eigenvalue weighted by Gasteiger charge is 2.18. The minimum absolute atomic E-state index is 0.167. The van der Waals surface area contributed by atoms with Gasteiger partial charge in [-0.1, -0.05) is 39.0 Å². The molecule has 0 spiro atoms. The number of amides is 2. The van der Waals surface area contributed by atoms with Gasteiger partial charge in [0.15, 0.2) is 0 Å². The summed E-state index contributed by atoms with van der Waals surface area (Å²) in [6, 6.07) is -0.167. The summed E-state index contributed by atoms with van der Waals surface area (Å²) in [6.07, 6.45) is 8.85. The minimum atomic E-state index is -0.871. The average molecular weight is 284 g/mol. The summed E-state index contributed by atoms with van der Waals surface area (Å²) >= 11 is 0. The van der Waals surface area contributed by atoms with Gasteiger partial charge in [-0.3, -0.25) is 4.79 Å². The summed E-state index contributed by atoms with van der Waals surface area (Å²) in [7, 11) is 1.65. The molecule has 2 N–H and O–H groups in total. The minimum Gasteiger partial charge on any atom is -0.481 e. The highest BCUT2D eigenvalue weighted by molar-refractivity contribution is 5.75. The van der Waals surface area contributed by atoms with Gasteiger partial charge < -0.3 is 15.3 Å². The number of carbonyl (C=O) groups is 2. The summed E-state index contributed by atoms with van der Waals surface area (Å²) in [6.45, 7) is 2.57. The molecule has 2 amide bonds. The van der Waals surface area contributed by atoms with Crippen molar-refractivity contribution in [3.8, 4) is 0 Å². The number of rotatable bonds is 5. The third-order valence-corrected chi connectivity index (χ3v) is 4.08. The Morgan fingerprint density at radius 3 is 2.30 bits per heavy atom. The first-order valence-corrected chi connectivity index (χ1v) is 7.72. The molecule has 5 nitrogen and oxygen atoms in total. The lowest BCUT2D eigenvalue weighted by Gasteiger charge is -2.23. The first-order chi connectivity index (χ1) is 9.50. The Hall–Kier alpha value is -1.26. The van der Waals surface area contributed by atoms with Gasteiger partial charge in [0, 0.05) is 20.1 Å². The number of aliphatic carboxylic acids is 1. The van der Waals surface area contributed by atoms with Crippen LogP contribution in [0.5, 0.6) is 0 Å². The second-order valence-corrected chi connectivity index (χ2v) is 6.02. The Morgan fingerprint density at radius 2 is 1.75 bits per heavy atom. The van der Waals surface area contributed by atoms with Crippen LogP contribution < -0.4 is 5.32 Å². The fourth-order valence-corrected chi connectivity index (χ4v) is 2.68. The molecule has 1 fully saturated rings. The van der Waals surface area contributed by atoms with Gasteiger partial charge in [-0.05, 0) is 18.8 Å². The lowest BCUT2D eigenvalue weighted by atomic mass is 9.91. The van der Waals surface area contributed by atoms with Crippen LogP contribution in [0.2, 0.25) is 0 Å². The molecule has 20 heavy (non-hydrogen) atoms. The van der Waals surface area contributed by atoms with Crippen LogP contribution in [0.1, 0.15) is 51.9 Å². The van der Waals surface area contributed by atoms with E-state index in [0.29, 0.717) is 12.5 Å². The van der Waals surface area contributed by atoms with Crippen molar-refractivity contribution in [2.24, 2.45) is 11.8 Å². The van der Waals surface area contributed by atoms with Crippen molar-refractivity contribution in [3.05, 3.63) is 0 Å². The second kappa shape index (κ2) is 8.82. The summed E-state index contributed by atoms with van der Waals surface area (Å²) < 4.78 is 0. The maximum atomic E-state index is 11.9. The first kappa shape index (κ1) is 16.8. The number of urea groups is 1. The van der Waals surface area contributed by atoms with Gasteiger partial charge in [0.25, 0.3) is 0 Å². The summed E-state index contributed by atoms with van der Waals surface area (Å²) in [5.74, 6) is -0.832. The summed E-state index contributed by atoms with van der Waals surface area (Å²) in [4.78, 5) is 24.2. The van der Waals surface area contributed by atoms with E-state index in [1.54, 1.807) is 14.0 Å². The molecule has 1 aliphatic carbocycles. The molecule has 0 bridgehead atoms. The van der Waals surface area contributed by atoms with Gasteiger partial charge in [0.1, 0.15) is 0 Å². The number of carboxylic acid groups (broad SMARTS) is 1. The standard InChI is InChI=1S/C15H28N2O3/c1-12(14(18)19)11-17(2)15(20)16-10-13-8-6-4-3-5-7-9-13/h12-13H,3-11H2,1-2H3,(H,16,20)(H,18,19). The van der Waals surface area contributed by atoms with E-state index in [1.807, 2.05) is 0 Å². The van der Waals surface area contributed by atoms with Crippen molar-refractivity contribution >= 4 is 12.0 Å². The third kappa shape index (κ3) is 6.26. The van der Waals surface area contributed by atoms with Gasteiger partial charge in [-0.2, -0.15) is 0 Å². The maximum absolute atomic E-state index is 11.9. The zero-order valence-electron chi connectivity index (χ0n) is 12.7. The zero-order chi connectivity index (χ0) is 15.0. The van der Waals surface area contributed by atoms with Crippen molar-refractivity contribution in [2.75, 3.05) is 20.1 Å². The van der Waals surface area contributed by atoms with Crippen LogP contribution in [0.3, 0.4) is 0 Å². The molecule has 0 saturated heterocycles. The van der Waals surface area contributed by atoms with E-state index in [0.717, 1.165) is 0 Å². The lowest BCUT2D eigenvalue weighted by Crippen LogP contribution is -2.42. The largest absolute Gasteiger partial charge is 0.481 e. The molecular formula is C15H28N2O3. The van der Waals surface area contributed by atoms with Crippen LogP contribution in [0, 0.1) is 11.8 Å². The topological polar surface area (TPSA) is 69.6 Å². The SMILES string of the molecule is CC(CN(C)C(=O)NCC1CCCCCCC1)C(=O)O. The van der Waals surface area contributed by atoms with Crippen LogP contribution >= 0.6 is 0 Å². The third-order valence-electron chi connectivity index (χ3n) is 4.08. The van der Waals surface area contributed by atoms with Crippen LogP contribution in [-0.2, 0) is 4.79 Å². The van der Waals surface area contributed by atoms with E-state index in [9.17, 15) is 9.59 Å². The smallest absolute Gasteiger partial charge is 0.317 e. The summed E-state index contributed by atoms with van der Waals surface area (Å²) in [5.41, 5.74) is 0. The Labute approximate surface area is 121 Å². The predicted octanol–water partition coefficient (Wildman–Crippen LogP) is 2.71. The van der Waals surface area contributed by atoms with E-state index >= 15 is 0 Å². The fourth-order valence-electron chi connectivity index (χ4n) is 2.68. The molecule has 5 heteroatoms. The van der Waals surface area contributed by atoms with E-state index < -0.39 is 11.9 Å². The molecule has 116 valence electrons. The van der Waals surface area contributed by atoms with E-state index in [4.69, 9.17) is 5.11 Å². The molecule has 0 aromatic carbocycles. The van der Waals surface area contributed by atoms with Crippen LogP contribution in [-0.4, -0.2) is 42.1 Å². The molecular weight excluding hydrogens is 256 g/mol. The molecule has 0 aromatic heterocycles. The van der Waals surface area contributed by atoms with Gasteiger partial charge in [-0.15, -0.1) is 0 Å². The zero-order valence-corrected chi connectivity index (χ0v) is 12.7. The average Bonchev–Trinajstić information content (AvgIpc) is 2.36. The predicted molar refractivity (Wildman–Crippen MR) is 78.6 cm³/mol. The van der Waals surface area contributed by atoms with Crippen LogP contribution in [0.15, 0.2) is 0 Å². The van der Waals surface area contributed by atoms with Crippen molar-refractivity contribution < 1.29 is 14.7 Å². The van der Waals surface area contributed by atoms with E-state index in [1.165, 1.54) is 49.8 Å². The van der Waals surface area contributed by atoms with Gasteiger partial charge >= 0.3 is 12.0 Å². The van der Waals surface area contributed by atoms with Crippen LogP contribution in [0.25, 0.3) is 0 Å². The molecule has 1 atom stereocenters. The quantitative estimate of drug-likeness (QED) is 0.815. The highest BCUT2D eigenvalue weighted by Crippen LogP contribution is 2.21. The first-order valence-electron chi connectivity index (χ1n) is 7.72. The van der Waals surface area contributed by atoms with Gasteiger partial charge in [0.2, 0.25) is 0 Å². The molecule has 1 unspecified atom stereocenters. The number of carboxylic acids is 1. The maximum Gasteiger partial charge on any atom is 0.317 e. The second-order valence-electron chi connectivity index (χ2n) is 6.02. The number of carbonyl (C=O) groups excluding carboxylic acids is 1. The van der Waals surface area contributed by atoms with Crippen molar-refractivity contribution in [2.45, 2.75) is 51.9 Å². The monoisotopic (exact) mass is 284 g/mol. The number of hydrogen-bond acceptors (Lipinski definition) is 2. The molecule has 0 aromatic rings. The van der Waals surface area contributed by atoms with E-state index in [-0.39, 0.29) is 12.6 Å². The normalized spacial score (nSPS) is 18.7. The Balaban J connectivity index is 2.28. The van der Waals surface area contributed by atoms with Crippen molar-refractivity contribution in [1.29, 1.82) is 0 Å². The van der Waals surface area contributed by atoms with Crippen LogP contribution in [0.4, 0.5) is 4.79 Å². The van der Waals surface area contributed by atoms with Crippen molar-refractivity contribution in [3.63, 3.8) is 0 Å². The number of nitrogens with zero attached hydrogens (tertiary/aromatic N) is 1. The Morgan fingerprint density at radius 1 is 1.20 bits per heavy atom. The highest BCUT2D eigenvalue weighted by atomic mass is 16.4. The van der Waals surface area contributed by atoms with Crippen molar-refractivity contribution in [1.82, 2.24) is 10.2 Å². The lowest BCUT2D eigenvalue weighted by molar-refractivity contribution is -0.141. The molecule has 0 aliphatic heterocycles. The van der Waals surface area contributed by atoms with E-state index in [2.05, 4.69) is 5.32 Å². The summed E-state index contributed by atoms with van der Waals surface area (Å²) in [5, 5.41) is 11.8. The number of hydrogen-bond donors (Lipinski definition) is 2. The number of nitrogens with one attached hydrogen (secondary N) is 1. The van der Waals surface area contributed by atoms with Gasteiger partial charge in [0.05, 0.1) is 5.92 Å².